The molecular formula is C15H17F3N2. The van der Waals surface area contributed by atoms with Crippen molar-refractivity contribution in [3.8, 4) is 6.07 Å². The van der Waals surface area contributed by atoms with Crippen molar-refractivity contribution in [3.05, 3.63) is 35.4 Å². The summed E-state index contributed by atoms with van der Waals surface area (Å²) in [5.41, 5.74) is 0.189. The molecule has 1 aromatic rings. The van der Waals surface area contributed by atoms with Gasteiger partial charge in [0.15, 0.2) is 0 Å². The summed E-state index contributed by atoms with van der Waals surface area (Å²) in [5, 5.41) is 8.89. The third-order valence-corrected chi connectivity index (χ3v) is 3.78. The number of nitriles is 1. The molecule has 0 saturated heterocycles. The van der Waals surface area contributed by atoms with Crippen molar-refractivity contribution in [1.82, 2.24) is 4.90 Å². The molecule has 108 valence electrons. The van der Waals surface area contributed by atoms with Crippen molar-refractivity contribution in [2.45, 2.75) is 44.4 Å². The van der Waals surface area contributed by atoms with Crippen molar-refractivity contribution >= 4 is 0 Å². The highest BCUT2D eigenvalue weighted by molar-refractivity contribution is 5.24. The molecule has 1 fully saturated rings. The van der Waals surface area contributed by atoms with Gasteiger partial charge in [0.05, 0.1) is 18.2 Å². The van der Waals surface area contributed by atoms with Gasteiger partial charge in [-0.2, -0.15) is 18.4 Å². The van der Waals surface area contributed by atoms with Gasteiger partial charge in [-0.15, -0.1) is 0 Å². The summed E-state index contributed by atoms with van der Waals surface area (Å²) in [4.78, 5) is 2.07. The zero-order chi connectivity index (χ0) is 14.6. The molecule has 0 heterocycles. The van der Waals surface area contributed by atoms with Crippen molar-refractivity contribution < 1.29 is 13.2 Å². The summed E-state index contributed by atoms with van der Waals surface area (Å²) in [6.45, 7) is 0.863. The monoisotopic (exact) mass is 282 g/mol. The Bertz CT molecular complexity index is 467. The molecule has 0 bridgehead atoms. The van der Waals surface area contributed by atoms with E-state index in [1.165, 1.54) is 25.0 Å². The largest absolute Gasteiger partial charge is 0.416 e. The molecule has 0 amide bonds. The van der Waals surface area contributed by atoms with Crippen LogP contribution in [0.1, 0.15) is 36.8 Å². The maximum atomic E-state index is 12.5. The molecule has 0 N–H and O–H groups in total. The number of nitrogens with zero attached hydrogens (tertiary/aromatic N) is 2. The summed E-state index contributed by atoms with van der Waals surface area (Å²) in [7, 11) is 0. The van der Waals surface area contributed by atoms with E-state index < -0.39 is 11.7 Å². The average molecular weight is 282 g/mol. The highest BCUT2D eigenvalue weighted by Gasteiger charge is 2.30. The molecule has 5 heteroatoms. The van der Waals surface area contributed by atoms with E-state index in [9.17, 15) is 13.2 Å². The fourth-order valence-corrected chi connectivity index (χ4v) is 2.71. The minimum Gasteiger partial charge on any atom is -0.283 e. The first-order valence-corrected chi connectivity index (χ1v) is 6.78. The fraction of sp³-hybridized carbons (Fsp3) is 0.533. The lowest BCUT2D eigenvalue weighted by molar-refractivity contribution is -0.137. The Morgan fingerprint density at radius 1 is 1.15 bits per heavy atom. The van der Waals surface area contributed by atoms with E-state index in [1.807, 2.05) is 0 Å². The quantitative estimate of drug-likeness (QED) is 0.781. The van der Waals surface area contributed by atoms with Crippen LogP contribution in [0.4, 0.5) is 13.2 Å². The van der Waals surface area contributed by atoms with E-state index in [-0.39, 0.29) is 0 Å². The molecule has 1 aromatic carbocycles. The zero-order valence-electron chi connectivity index (χ0n) is 11.2. The van der Waals surface area contributed by atoms with Gasteiger partial charge in [-0.05, 0) is 30.5 Å². The number of halogens is 3. The van der Waals surface area contributed by atoms with Gasteiger partial charge < -0.3 is 0 Å². The number of hydrogen-bond acceptors (Lipinski definition) is 2. The van der Waals surface area contributed by atoms with Crippen LogP contribution in [-0.2, 0) is 12.7 Å². The van der Waals surface area contributed by atoms with Crippen LogP contribution in [0.3, 0.4) is 0 Å². The summed E-state index contributed by atoms with van der Waals surface area (Å²) in [6.07, 6.45) is 0.181. The van der Waals surface area contributed by atoms with Gasteiger partial charge in [-0.3, -0.25) is 4.90 Å². The van der Waals surface area contributed by atoms with Crippen LogP contribution >= 0.6 is 0 Å². The Balaban J connectivity index is 2.05. The zero-order valence-corrected chi connectivity index (χ0v) is 11.2. The van der Waals surface area contributed by atoms with E-state index in [2.05, 4.69) is 11.0 Å². The minimum atomic E-state index is -4.30. The second-order valence-corrected chi connectivity index (χ2v) is 5.20. The Labute approximate surface area is 116 Å². The number of benzene rings is 1. The standard InChI is InChI=1S/C15H17F3N2/c16-15(17,18)13-7-5-12(6-8-13)11-20(10-9-19)14-3-1-2-4-14/h5-8,14H,1-4,10-11H2. The van der Waals surface area contributed by atoms with Crippen LogP contribution < -0.4 is 0 Å². The van der Waals surface area contributed by atoms with Crippen molar-refractivity contribution in [3.63, 3.8) is 0 Å². The Morgan fingerprint density at radius 3 is 2.25 bits per heavy atom. The number of rotatable bonds is 4. The molecule has 1 aliphatic rings. The Kier molecular flexibility index (Phi) is 4.66. The number of hydrogen-bond donors (Lipinski definition) is 0. The molecule has 0 atom stereocenters. The summed E-state index contributed by atoms with van der Waals surface area (Å²) in [6, 6.07) is 7.75. The smallest absolute Gasteiger partial charge is 0.283 e. The molecule has 0 aliphatic heterocycles. The van der Waals surface area contributed by atoms with E-state index in [1.54, 1.807) is 0 Å². The first kappa shape index (κ1) is 14.9. The summed E-state index contributed by atoms with van der Waals surface area (Å²) in [5.74, 6) is 0. The van der Waals surface area contributed by atoms with Gasteiger partial charge in [-0.25, -0.2) is 0 Å². The Hall–Kier alpha value is -1.54. The topological polar surface area (TPSA) is 27.0 Å². The number of alkyl halides is 3. The predicted molar refractivity (Wildman–Crippen MR) is 69.7 cm³/mol. The second-order valence-electron chi connectivity index (χ2n) is 5.20. The molecule has 0 radical (unpaired) electrons. The van der Waals surface area contributed by atoms with E-state index in [0.29, 0.717) is 19.1 Å². The van der Waals surface area contributed by atoms with Crippen molar-refractivity contribution in [2.75, 3.05) is 6.54 Å². The van der Waals surface area contributed by atoms with Crippen molar-refractivity contribution in [2.24, 2.45) is 0 Å². The Morgan fingerprint density at radius 2 is 1.75 bits per heavy atom. The van der Waals surface area contributed by atoms with Gasteiger partial charge in [-0.1, -0.05) is 25.0 Å². The molecule has 0 spiro atoms. The van der Waals surface area contributed by atoms with Gasteiger partial charge in [0.1, 0.15) is 0 Å². The van der Waals surface area contributed by atoms with Crippen molar-refractivity contribution in [1.29, 1.82) is 5.26 Å². The van der Waals surface area contributed by atoms with Crippen LogP contribution in [0.25, 0.3) is 0 Å². The van der Waals surface area contributed by atoms with E-state index >= 15 is 0 Å². The van der Waals surface area contributed by atoms with Crippen LogP contribution in [0.15, 0.2) is 24.3 Å². The van der Waals surface area contributed by atoms with Gasteiger partial charge in [0.2, 0.25) is 0 Å². The fourth-order valence-electron chi connectivity index (χ4n) is 2.71. The molecule has 1 aliphatic carbocycles. The molecule has 20 heavy (non-hydrogen) atoms. The second kappa shape index (κ2) is 6.27. The molecular weight excluding hydrogens is 265 g/mol. The van der Waals surface area contributed by atoms with Crippen LogP contribution in [0.5, 0.6) is 0 Å². The third-order valence-electron chi connectivity index (χ3n) is 3.78. The minimum absolute atomic E-state index is 0.325. The maximum Gasteiger partial charge on any atom is 0.416 e. The lowest BCUT2D eigenvalue weighted by Crippen LogP contribution is -2.33. The van der Waals surface area contributed by atoms with E-state index in [4.69, 9.17) is 5.26 Å². The van der Waals surface area contributed by atoms with Gasteiger partial charge in [0, 0.05) is 12.6 Å². The van der Waals surface area contributed by atoms with E-state index in [0.717, 1.165) is 30.5 Å². The first-order chi connectivity index (χ1) is 9.50. The highest BCUT2D eigenvalue weighted by Crippen LogP contribution is 2.30. The molecule has 0 aromatic heterocycles. The highest BCUT2D eigenvalue weighted by atomic mass is 19.4. The predicted octanol–water partition coefficient (Wildman–Crippen LogP) is 3.97. The molecule has 2 rings (SSSR count). The van der Waals surface area contributed by atoms with Gasteiger partial charge >= 0.3 is 6.18 Å². The normalized spacial score (nSPS) is 16.6. The molecule has 0 unspecified atom stereocenters. The lowest BCUT2D eigenvalue weighted by atomic mass is 10.1. The van der Waals surface area contributed by atoms with Crippen LogP contribution in [0.2, 0.25) is 0 Å². The van der Waals surface area contributed by atoms with Crippen LogP contribution in [-0.4, -0.2) is 17.5 Å². The molecule has 2 nitrogen and oxygen atoms in total. The third kappa shape index (κ3) is 3.73. The van der Waals surface area contributed by atoms with Crippen LogP contribution in [0, 0.1) is 11.3 Å². The average Bonchev–Trinajstić information content (AvgIpc) is 2.91. The summed E-state index contributed by atoms with van der Waals surface area (Å²) < 4.78 is 37.5. The lowest BCUT2D eigenvalue weighted by Gasteiger charge is -2.26. The van der Waals surface area contributed by atoms with Gasteiger partial charge in [0.25, 0.3) is 0 Å². The SMILES string of the molecule is N#CCN(Cc1ccc(C(F)(F)F)cc1)C1CCCC1. The first-order valence-electron chi connectivity index (χ1n) is 6.78. The molecule has 1 saturated carbocycles. The maximum absolute atomic E-state index is 12.5. The summed E-state index contributed by atoms with van der Waals surface area (Å²) >= 11 is 0.